The number of nitrogen functional groups attached to an aromatic ring is 2. The Morgan fingerprint density at radius 3 is 2.52 bits per heavy atom. The molecule has 0 fully saturated rings. The van der Waals surface area contributed by atoms with Crippen LogP contribution in [-0.2, 0) is 4.74 Å². The van der Waals surface area contributed by atoms with E-state index in [0.717, 1.165) is 11.3 Å². The van der Waals surface area contributed by atoms with Gasteiger partial charge in [0.1, 0.15) is 27.2 Å². The van der Waals surface area contributed by atoms with Gasteiger partial charge < -0.3 is 16.2 Å². The Morgan fingerprint density at radius 2 is 1.92 bits per heavy atom. The molecule has 25 heavy (non-hydrogen) atoms. The van der Waals surface area contributed by atoms with E-state index in [9.17, 15) is 14.9 Å². The number of esters is 1. The number of nitrogens with zero attached hydrogens (tertiary/aromatic N) is 2. The number of ether oxygens (including phenoxy) is 1. The SMILES string of the molecule is COC(=O)c1sc2nc(N)c(C#N)c(C(=O)c3ccccc3)c2c1N. The zero-order valence-corrected chi connectivity index (χ0v) is 13.9. The number of ketones is 1. The van der Waals surface area contributed by atoms with Crippen molar-refractivity contribution in [2.75, 3.05) is 18.6 Å². The van der Waals surface area contributed by atoms with E-state index in [4.69, 9.17) is 16.2 Å². The summed E-state index contributed by atoms with van der Waals surface area (Å²) in [6.45, 7) is 0. The number of carbonyl (C=O) groups excluding carboxylic acids is 2. The molecule has 0 saturated carbocycles. The van der Waals surface area contributed by atoms with Crippen LogP contribution in [0.15, 0.2) is 30.3 Å². The fourth-order valence-electron chi connectivity index (χ4n) is 2.49. The lowest BCUT2D eigenvalue weighted by atomic mass is 9.96. The summed E-state index contributed by atoms with van der Waals surface area (Å²) in [6.07, 6.45) is 0. The number of nitrogens with two attached hydrogens (primary N) is 2. The molecule has 0 aliphatic rings. The maximum atomic E-state index is 13.0. The molecule has 0 aliphatic heterocycles. The van der Waals surface area contributed by atoms with Gasteiger partial charge in [-0.3, -0.25) is 4.79 Å². The number of anilines is 2. The second kappa shape index (κ2) is 6.22. The second-order valence-electron chi connectivity index (χ2n) is 5.07. The van der Waals surface area contributed by atoms with Gasteiger partial charge in [0.15, 0.2) is 5.78 Å². The van der Waals surface area contributed by atoms with Gasteiger partial charge in [0.25, 0.3) is 0 Å². The molecule has 2 aromatic heterocycles. The van der Waals surface area contributed by atoms with Crippen molar-refractivity contribution < 1.29 is 14.3 Å². The number of thiophene rings is 1. The van der Waals surface area contributed by atoms with E-state index in [1.807, 2.05) is 6.07 Å². The van der Waals surface area contributed by atoms with Gasteiger partial charge in [0.05, 0.1) is 18.4 Å². The number of rotatable bonds is 3. The predicted octanol–water partition coefficient (Wildman–Crippen LogP) is 2.35. The molecule has 8 heteroatoms. The Hall–Kier alpha value is -3.44. The molecule has 0 saturated heterocycles. The highest BCUT2D eigenvalue weighted by molar-refractivity contribution is 7.21. The van der Waals surface area contributed by atoms with E-state index in [-0.39, 0.29) is 32.9 Å². The lowest BCUT2D eigenvalue weighted by molar-refractivity contribution is 0.0607. The van der Waals surface area contributed by atoms with Crippen LogP contribution in [0, 0.1) is 11.3 Å². The van der Waals surface area contributed by atoms with Crippen LogP contribution in [0.4, 0.5) is 11.5 Å². The standard InChI is InChI=1S/C17H12N4O3S/c1-24-17(23)14-12(19)11-10(13(22)8-5-3-2-4-6-8)9(7-18)15(20)21-16(11)25-14/h2-6H,19H2,1H3,(H2,20,21). The number of pyridine rings is 1. The van der Waals surface area contributed by atoms with Gasteiger partial charge >= 0.3 is 5.97 Å². The molecule has 2 heterocycles. The minimum Gasteiger partial charge on any atom is -0.465 e. The van der Waals surface area contributed by atoms with Gasteiger partial charge in [-0.2, -0.15) is 5.26 Å². The first-order valence-electron chi connectivity index (χ1n) is 7.09. The van der Waals surface area contributed by atoms with E-state index in [2.05, 4.69) is 4.98 Å². The summed E-state index contributed by atoms with van der Waals surface area (Å²) in [7, 11) is 1.23. The number of hydrogen-bond donors (Lipinski definition) is 2. The Balaban J connectivity index is 2.39. The van der Waals surface area contributed by atoms with Crippen molar-refractivity contribution in [2.24, 2.45) is 0 Å². The zero-order chi connectivity index (χ0) is 18.1. The van der Waals surface area contributed by atoms with Gasteiger partial charge in [-0.25, -0.2) is 9.78 Å². The van der Waals surface area contributed by atoms with Crippen LogP contribution in [0.25, 0.3) is 10.2 Å². The molecular weight excluding hydrogens is 340 g/mol. The number of aromatic nitrogens is 1. The van der Waals surface area contributed by atoms with Crippen molar-refractivity contribution in [3.63, 3.8) is 0 Å². The average Bonchev–Trinajstić information content (AvgIpc) is 2.96. The van der Waals surface area contributed by atoms with E-state index in [0.29, 0.717) is 10.4 Å². The van der Waals surface area contributed by atoms with E-state index >= 15 is 0 Å². The first-order valence-corrected chi connectivity index (χ1v) is 7.90. The van der Waals surface area contributed by atoms with Crippen LogP contribution in [0.2, 0.25) is 0 Å². The van der Waals surface area contributed by atoms with Gasteiger partial charge in [-0.05, 0) is 0 Å². The molecule has 4 N–H and O–H groups in total. The third-order valence-corrected chi connectivity index (χ3v) is 4.73. The molecule has 1 aromatic carbocycles. The van der Waals surface area contributed by atoms with Crippen molar-refractivity contribution in [1.82, 2.24) is 4.98 Å². The van der Waals surface area contributed by atoms with Gasteiger partial charge in [-0.1, -0.05) is 30.3 Å². The number of hydrogen-bond acceptors (Lipinski definition) is 8. The van der Waals surface area contributed by atoms with Gasteiger partial charge in [0.2, 0.25) is 0 Å². The van der Waals surface area contributed by atoms with Crippen molar-refractivity contribution in [1.29, 1.82) is 5.26 Å². The number of carbonyl (C=O) groups is 2. The minimum absolute atomic E-state index is 0.0418. The Kier molecular flexibility index (Phi) is 4.09. The fourth-order valence-corrected chi connectivity index (χ4v) is 3.52. The highest BCUT2D eigenvalue weighted by Crippen LogP contribution is 2.38. The van der Waals surface area contributed by atoms with Crippen molar-refractivity contribution in [3.05, 3.63) is 51.9 Å². The summed E-state index contributed by atoms with van der Waals surface area (Å²) in [5, 5.41) is 9.70. The summed E-state index contributed by atoms with van der Waals surface area (Å²) < 4.78 is 4.70. The normalized spacial score (nSPS) is 10.4. The number of benzene rings is 1. The quantitative estimate of drug-likeness (QED) is 0.546. The number of fused-ring (bicyclic) bond motifs is 1. The summed E-state index contributed by atoms with van der Waals surface area (Å²) in [5.74, 6) is -1.15. The molecular formula is C17H12N4O3S. The van der Waals surface area contributed by atoms with Gasteiger partial charge in [0, 0.05) is 10.9 Å². The summed E-state index contributed by atoms with van der Waals surface area (Å²) in [4.78, 5) is 29.4. The smallest absolute Gasteiger partial charge is 0.350 e. The lowest BCUT2D eigenvalue weighted by Gasteiger charge is -2.08. The molecule has 0 atom stereocenters. The molecule has 3 aromatic rings. The molecule has 0 radical (unpaired) electrons. The van der Waals surface area contributed by atoms with Crippen LogP contribution in [0.1, 0.15) is 31.2 Å². The van der Waals surface area contributed by atoms with Crippen LogP contribution >= 0.6 is 11.3 Å². The molecule has 0 aliphatic carbocycles. The molecule has 0 unspecified atom stereocenters. The van der Waals surface area contributed by atoms with Crippen molar-refractivity contribution in [2.45, 2.75) is 0 Å². The maximum absolute atomic E-state index is 13.0. The van der Waals surface area contributed by atoms with E-state index in [1.165, 1.54) is 7.11 Å². The van der Waals surface area contributed by atoms with Gasteiger partial charge in [-0.15, -0.1) is 11.3 Å². The molecule has 3 rings (SSSR count). The average molecular weight is 352 g/mol. The predicted molar refractivity (Wildman–Crippen MR) is 94.4 cm³/mol. The largest absolute Gasteiger partial charge is 0.465 e. The fraction of sp³-hybridized carbons (Fsp3) is 0.0588. The Morgan fingerprint density at radius 1 is 1.24 bits per heavy atom. The molecule has 0 bridgehead atoms. The molecule has 124 valence electrons. The van der Waals surface area contributed by atoms with Crippen LogP contribution in [0.5, 0.6) is 0 Å². The van der Waals surface area contributed by atoms with Crippen LogP contribution in [0.3, 0.4) is 0 Å². The highest BCUT2D eigenvalue weighted by atomic mass is 32.1. The molecule has 0 spiro atoms. The number of nitriles is 1. The van der Waals surface area contributed by atoms with Crippen molar-refractivity contribution >= 4 is 44.8 Å². The second-order valence-corrected chi connectivity index (χ2v) is 6.07. The third kappa shape index (κ3) is 2.56. The Bertz CT molecular complexity index is 1050. The van der Waals surface area contributed by atoms with Crippen LogP contribution < -0.4 is 11.5 Å². The summed E-state index contributed by atoms with van der Waals surface area (Å²) in [5.41, 5.74) is 12.3. The van der Waals surface area contributed by atoms with E-state index < -0.39 is 11.8 Å². The molecule has 0 amide bonds. The molecule has 7 nitrogen and oxygen atoms in total. The van der Waals surface area contributed by atoms with Crippen LogP contribution in [-0.4, -0.2) is 23.8 Å². The third-order valence-electron chi connectivity index (χ3n) is 3.65. The Labute approximate surface area is 146 Å². The lowest BCUT2D eigenvalue weighted by Crippen LogP contribution is -2.09. The highest BCUT2D eigenvalue weighted by Gasteiger charge is 2.27. The van der Waals surface area contributed by atoms with Crippen molar-refractivity contribution in [3.8, 4) is 6.07 Å². The number of methoxy groups -OCH3 is 1. The van der Waals surface area contributed by atoms with E-state index in [1.54, 1.807) is 30.3 Å². The first-order chi connectivity index (χ1) is 12.0. The maximum Gasteiger partial charge on any atom is 0.350 e. The summed E-state index contributed by atoms with van der Waals surface area (Å²) >= 11 is 0.964. The first kappa shape index (κ1) is 16.4. The monoisotopic (exact) mass is 352 g/mol. The minimum atomic E-state index is -0.643. The topological polar surface area (TPSA) is 132 Å². The summed E-state index contributed by atoms with van der Waals surface area (Å²) in [6, 6.07) is 10.3. The zero-order valence-electron chi connectivity index (χ0n) is 13.1.